The van der Waals surface area contributed by atoms with Gasteiger partial charge in [-0.15, -0.1) is 0 Å². The van der Waals surface area contributed by atoms with Gasteiger partial charge in [0.2, 0.25) is 0 Å². The third-order valence-corrected chi connectivity index (χ3v) is 6.72. The number of hydrogen-bond acceptors (Lipinski definition) is 5. The van der Waals surface area contributed by atoms with Crippen LogP contribution in [0.25, 0.3) is 4.13 Å². The minimum absolute atomic E-state index is 0.194. The first-order chi connectivity index (χ1) is 14.7. The van der Waals surface area contributed by atoms with Crippen molar-refractivity contribution < 1.29 is 74.4 Å². The smallest absolute Gasteiger partial charge is 0.429 e. The Morgan fingerprint density at radius 1 is 0.882 bits per heavy atom. The molecular weight excluding hydrogens is 549 g/mol. The first-order valence-corrected chi connectivity index (χ1v) is 12.1. The maximum atomic E-state index is 13.1. The van der Waals surface area contributed by atoms with Crippen LogP contribution in [0.1, 0.15) is 13.8 Å². The van der Waals surface area contributed by atoms with E-state index >= 15 is 0 Å². The van der Waals surface area contributed by atoms with Crippen molar-refractivity contribution in [1.82, 2.24) is 0 Å². The zero-order valence-corrected chi connectivity index (χ0v) is 19.7. The van der Waals surface area contributed by atoms with Crippen LogP contribution >= 0.6 is 0 Å². The number of sulfonamides is 2. The van der Waals surface area contributed by atoms with E-state index in [1.807, 2.05) is 13.8 Å². The number of halogens is 11. The van der Waals surface area contributed by atoms with E-state index in [4.69, 9.17) is 0 Å². The molecule has 0 aliphatic rings. The van der Waals surface area contributed by atoms with Crippen LogP contribution in [0.3, 0.4) is 0 Å². The fourth-order valence-electron chi connectivity index (χ4n) is 1.72. The molecule has 34 heavy (non-hydrogen) atoms. The number of ether oxygens (including phenoxy) is 1. The van der Waals surface area contributed by atoms with Gasteiger partial charge in [-0.2, -0.15) is 39.5 Å². The summed E-state index contributed by atoms with van der Waals surface area (Å²) >= 11 is 0. The Labute approximate surface area is 188 Å². The molecule has 7 nitrogen and oxygen atoms in total. The van der Waals surface area contributed by atoms with Crippen molar-refractivity contribution in [3.05, 3.63) is 4.13 Å². The Balaban J connectivity index is 0. The molecule has 0 saturated carbocycles. The average molecular weight is 572 g/mol. The molecule has 0 amide bonds. The van der Waals surface area contributed by atoms with Gasteiger partial charge in [-0.3, -0.25) is 0 Å². The number of quaternary nitrogens is 1. The highest BCUT2D eigenvalue weighted by Crippen LogP contribution is 2.48. The predicted molar refractivity (Wildman–Crippen MR) is 97.0 cm³/mol. The van der Waals surface area contributed by atoms with Crippen molar-refractivity contribution in [2.24, 2.45) is 0 Å². The van der Waals surface area contributed by atoms with E-state index < -0.39 is 56.4 Å². The molecule has 0 aromatic heterocycles. The third-order valence-electron chi connectivity index (χ3n) is 4.26. The summed E-state index contributed by atoms with van der Waals surface area (Å²) in [6, 6.07) is 0. The Hall–Kier alpha value is -0.990. The summed E-state index contributed by atoms with van der Waals surface area (Å²) in [7, 11) is -8.70. The normalized spacial score (nSPS) is 14.7. The second-order valence-electron chi connectivity index (χ2n) is 6.96. The second-order valence-corrected chi connectivity index (χ2v) is 10.4. The van der Waals surface area contributed by atoms with Crippen LogP contribution in [0.4, 0.5) is 48.3 Å². The minimum atomic E-state index is -6.21. The molecule has 0 unspecified atom stereocenters. The maximum Gasteiger partial charge on any atom is 0.480 e. The first-order valence-electron chi connectivity index (χ1n) is 8.81. The largest absolute Gasteiger partial charge is 0.480 e. The molecule has 0 heterocycles. The Morgan fingerprint density at radius 3 is 1.56 bits per heavy atom. The van der Waals surface area contributed by atoms with E-state index in [2.05, 4.69) is 4.74 Å². The van der Waals surface area contributed by atoms with Crippen LogP contribution in [0, 0.1) is 0 Å². The van der Waals surface area contributed by atoms with E-state index in [0.717, 1.165) is 0 Å². The van der Waals surface area contributed by atoms with Gasteiger partial charge < -0.3 is 13.3 Å². The highest BCUT2D eigenvalue weighted by molar-refractivity contribution is 8.12. The molecule has 0 saturated heterocycles. The Kier molecular flexibility index (Phi) is 12.2. The number of rotatable bonds is 12. The molecule has 0 spiro atoms. The molecule has 0 bridgehead atoms. The van der Waals surface area contributed by atoms with E-state index in [-0.39, 0.29) is 19.4 Å². The summed E-state index contributed by atoms with van der Waals surface area (Å²) in [5.41, 5.74) is -5.67. The van der Waals surface area contributed by atoms with Gasteiger partial charge in [-0.05, 0) is 13.8 Å². The number of alkyl halides is 11. The van der Waals surface area contributed by atoms with Crippen molar-refractivity contribution in [1.29, 1.82) is 0 Å². The predicted octanol–water partition coefficient (Wildman–Crippen LogP) is 3.83. The Bertz CT molecular complexity index is 843. The molecule has 0 atom stereocenters. The zero-order chi connectivity index (χ0) is 28.0. The fraction of sp³-hybridized carbons (Fsp3) is 1.00. The van der Waals surface area contributed by atoms with Gasteiger partial charge in [0.05, 0.1) is 36.8 Å². The van der Waals surface area contributed by atoms with Crippen LogP contribution < -0.4 is 0 Å². The molecule has 0 radical (unpaired) electrons. The topological polar surface area (TPSA) is 91.6 Å². The van der Waals surface area contributed by atoms with E-state index in [1.165, 1.54) is 0 Å². The summed E-state index contributed by atoms with van der Waals surface area (Å²) in [5, 5.41) is 0. The molecule has 208 valence electrons. The first kappa shape index (κ1) is 35.2. The number of hydrogen-bond donors (Lipinski definition) is 0. The molecule has 0 fully saturated rings. The van der Waals surface area contributed by atoms with Crippen molar-refractivity contribution in [2.45, 2.75) is 43.5 Å². The third kappa shape index (κ3) is 9.94. The minimum Gasteiger partial charge on any atom is -0.429 e. The summed E-state index contributed by atoms with van der Waals surface area (Å²) in [4.78, 5) is 0. The van der Waals surface area contributed by atoms with E-state index in [1.54, 1.807) is 11.2 Å². The lowest BCUT2D eigenvalue weighted by Gasteiger charge is -2.33. The van der Waals surface area contributed by atoms with Gasteiger partial charge in [0.15, 0.2) is 10.0 Å². The van der Waals surface area contributed by atoms with Crippen LogP contribution in [-0.2, 0) is 24.8 Å². The fourth-order valence-corrected chi connectivity index (χ4v) is 3.48. The van der Waals surface area contributed by atoms with Gasteiger partial charge in [0.1, 0.15) is 13.2 Å². The van der Waals surface area contributed by atoms with Crippen LogP contribution in [0.2, 0.25) is 0 Å². The highest BCUT2D eigenvalue weighted by atomic mass is 32.3. The summed E-state index contributed by atoms with van der Waals surface area (Å²) in [6.07, 6.45) is -4.66. The lowest BCUT2D eigenvalue weighted by molar-refractivity contribution is -0.906. The van der Waals surface area contributed by atoms with Gasteiger partial charge in [-0.1, -0.05) is 0 Å². The zero-order valence-electron chi connectivity index (χ0n) is 18.0. The van der Waals surface area contributed by atoms with Gasteiger partial charge in [0.25, 0.3) is 0 Å². The van der Waals surface area contributed by atoms with Crippen LogP contribution in [0.5, 0.6) is 0 Å². The van der Waals surface area contributed by atoms with Crippen molar-refractivity contribution in [3.8, 4) is 0 Å². The highest BCUT2D eigenvalue weighted by Gasteiger charge is 2.75. The van der Waals surface area contributed by atoms with Crippen LogP contribution in [-0.4, -0.2) is 97.2 Å². The number of likely N-dealkylation sites (N-methyl/N-ethyl adjacent to an activating group) is 1. The molecule has 0 aliphatic heterocycles. The summed E-state index contributed by atoms with van der Waals surface area (Å²) in [5.74, 6) is -17.8. The standard InChI is InChI=1S/C12H20F8NO.C2H3F3NO4S2/c1-4-21(3,5-2)6-7-22-8-10(15,16)12(19,20)11(17,18)9(13)14;1-11(7,8)6-12(9,10)2(3,4)5/h9H,4-8H2,1-3H3;1H3/q+1;-1. The lowest BCUT2D eigenvalue weighted by Crippen LogP contribution is -2.59. The van der Waals surface area contributed by atoms with Crippen LogP contribution in [0.15, 0.2) is 0 Å². The van der Waals surface area contributed by atoms with Gasteiger partial charge in [0, 0.05) is 6.26 Å². The van der Waals surface area contributed by atoms with Crippen molar-refractivity contribution >= 4 is 20.0 Å². The van der Waals surface area contributed by atoms with E-state index in [0.29, 0.717) is 17.6 Å². The van der Waals surface area contributed by atoms with Crippen molar-refractivity contribution in [3.63, 3.8) is 0 Å². The quantitative estimate of drug-likeness (QED) is 0.202. The molecule has 0 aromatic carbocycles. The maximum absolute atomic E-state index is 13.1. The van der Waals surface area contributed by atoms with E-state index in [9.17, 15) is 65.1 Å². The molecule has 0 aromatic rings. The summed E-state index contributed by atoms with van der Waals surface area (Å²) in [6.45, 7) is 2.62. The monoisotopic (exact) mass is 572 g/mol. The van der Waals surface area contributed by atoms with Gasteiger partial charge in [-0.25, -0.2) is 25.6 Å². The summed E-state index contributed by atoms with van der Waals surface area (Å²) < 4.78 is 182. The molecule has 20 heteroatoms. The molecule has 0 rings (SSSR count). The van der Waals surface area contributed by atoms with Gasteiger partial charge >= 0.3 is 29.7 Å². The second kappa shape index (κ2) is 11.8. The SMILES string of the molecule is CC[N+](C)(CC)CCOCC(F)(F)C(F)(F)C(F)(F)C(F)F.CS(=O)(=O)[N-]S(=O)(=O)C(F)(F)F. The van der Waals surface area contributed by atoms with Crippen molar-refractivity contribution in [2.75, 3.05) is 46.2 Å². The number of nitrogens with zero attached hydrogens (tertiary/aromatic N) is 2. The lowest BCUT2D eigenvalue weighted by atomic mass is 10.1. The average Bonchev–Trinajstić information content (AvgIpc) is 2.62. The molecule has 0 aliphatic carbocycles. The molecule has 0 N–H and O–H groups in total. The molecular formula is C14H23F11N2O5S2. The Morgan fingerprint density at radius 2 is 1.29 bits per heavy atom.